The van der Waals surface area contributed by atoms with E-state index in [-0.39, 0.29) is 45.6 Å². The molecule has 272 valence electrons. The molecule has 5 aliphatic carbocycles. The minimum absolute atomic E-state index is 0.0972. The Hall–Kier alpha value is -1.59. The Kier molecular flexibility index (Phi) is 9.05. The van der Waals surface area contributed by atoms with E-state index in [4.69, 9.17) is 4.74 Å². The van der Waals surface area contributed by atoms with Gasteiger partial charge in [-0.2, -0.15) is 0 Å². The Bertz CT molecular complexity index is 1290. The SMILES string of the molecule is CC(C)[C@@H]1CC[C@]2(CC(=O)N3CC[C@@H](C)C3)CC[C@]3(C)[C@H](CC[C@@H]4[C@@]5(C)CC[C@H](OC(=O)CC(C)(C)C(=O)O)C(C)(C)[C@@H]5CC[C@]43C)[C@@H]12. The highest BCUT2D eigenvalue weighted by molar-refractivity contribution is 5.81. The van der Waals surface area contributed by atoms with E-state index in [2.05, 4.69) is 60.3 Å². The lowest BCUT2D eigenvalue weighted by Crippen LogP contribution is -2.67. The summed E-state index contributed by atoms with van der Waals surface area (Å²) in [7, 11) is 0. The van der Waals surface area contributed by atoms with Gasteiger partial charge in [0.25, 0.3) is 0 Å². The van der Waals surface area contributed by atoms with Gasteiger partial charge in [0.2, 0.25) is 5.91 Å². The van der Waals surface area contributed by atoms with Crippen molar-refractivity contribution in [1.82, 2.24) is 4.90 Å². The summed E-state index contributed by atoms with van der Waals surface area (Å²) < 4.78 is 6.19. The summed E-state index contributed by atoms with van der Waals surface area (Å²) in [5.74, 6) is 3.51. The van der Waals surface area contributed by atoms with Crippen LogP contribution in [0.2, 0.25) is 0 Å². The normalized spacial score (nSPS) is 45.1. The van der Waals surface area contributed by atoms with Gasteiger partial charge in [-0.05, 0) is 148 Å². The third kappa shape index (κ3) is 5.41. The van der Waals surface area contributed by atoms with E-state index >= 15 is 0 Å². The summed E-state index contributed by atoms with van der Waals surface area (Å²) in [6, 6.07) is 0. The Morgan fingerprint density at radius 2 is 1.56 bits per heavy atom. The van der Waals surface area contributed by atoms with E-state index < -0.39 is 11.4 Å². The maximum Gasteiger partial charge on any atom is 0.309 e. The van der Waals surface area contributed by atoms with E-state index in [9.17, 15) is 19.5 Å². The Balaban J connectivity index is 1.25. The third-order valence-electron chi connectivity index (χ3n) is 17.2. The molecule has 0 aromatic carbocycles. The first kappa shape index (κ1) is 36.2. The molecule has 1 amide bonds. The molecule has 6 aliphatic rings. The summed E-state index contributed by atoms with van der Waals surface area (Å²) in [6.07, 6.45) is 13.5. The highest BCUT2D eigenvalue weighted by Gasteiger charge is 2.71. The minimum atomic E-state index is -1.13. The van der Waals surface area contributed by atoms with Gasteiger partial charge in [0.15, 0.2) is 0 Å². The number of nitrogens with zero attached hydrogens (tertiary/aromatic N) is 1. The van der Waals surface area contributed by atoms with Crippen LogP contribution in [-0.2, 0) is 19.1 Å². The van der Waals surface area contributed by atoms with E-state index in [1.165, 1.54) is 44.9 Å². The number of hydrogen-bond acceptors (Lipinski definition) is 4. The monoisotopic (exact) mass is 668 g/mol. The average Bonchev–Trinajstić information content (AvgIpc) is 3.59. The Labute approximate surface area is 292 Å². The molecule has 0 aromatic rings. The van der Waals surface area contributed by atoms with Crippen LogP contribution >= 0.6 is 0 Å². The molecule has 48 heavy (non-hydrogen) atoms. The average molecular weight is 668 g/mol. The molecule has 6 fully saturated rings. The van der Waals surface area contributed by atoms with Crippen LogP contribution in [0.25, 0.3) is 0 Å². The van der Waals surface area contributed by atoms with Gasteiger partial charge in [-0.3, -0.25) is 14.4 Å². The quantitative estimate of drug-likeness (QED) is 0.274. The smallest absolute Gasteiger partial charge is 0.309 e. The topological polar surface area (TPSA) is 83.9 Å². The molecule has 0 spiro atoms. The zero-order valence-corrected chi connectivity index (χ0v) is 32.3. The summed E-state index contributed by atoms with van der Waals surface area (Å²) in [6.45, 7) is 24.9. The van der Waals surface area contributed by atoms with E-state index in [0.29, 0.717) is 47.3 Å². The third-order valence-corrected chi connectivity index (χ3v) is 17.2. The van der Waals surface area contributed by atoms with E-state index in [0.717, 1.165) is 45.2 Å². The van der Waals surface area contributed by atoms with Gasteiger partial charge < -0.3 is 14.7 Å². The lowest BCUT2D eigenvalue weighted by Gasteiger charge is -2.73. The van der Waals surface area contributed by atoms with Crippen LogP contribution < -0.4 is 0 Å². The number of fused-ring (bicyclic) bond motifs is 7. The summed E-state index contributed by atoms with van der Waals surface area (Å²) in [5.41, 5.74) is -0.439. The molecule has 6 heteroatoms. The number of carboxylic acid groups (broad SMARTS) is 1. The fraction of sp³-hybridized carbons (Fsp3) is 0.929. The predicted octanol–water partition coefficient (Wildman–Crippen LogP) is 9.40. The molecule has 0 aromatic heterocycles. The predicted molar refractivity (Wildman–Crippen MR) is 190 cm³/mol. The number of hydrogen-bond donors (Lipinski definition) is 1. The van der Waals surface area contributed by atoms with Crippen molar-refractivity contribution in [1.29, 1.82) is 0 Å². The fourth-order valence-electron chi connectivity index (χ4n) is 14.2. The number of carbonyl (C=O) groups excluding carboxylic acids is 2. The molecular formula is C42H69NO5. The molecule has 6 nitrogen and oxygen atoms in total. The number of carbonyl (C=O) groups is 3. The van der Waals surface area contributed by atoms with Crippen LogP contribution in [-0.4, -0.2) is 47.0 Å². The minimum Gasteiger partial charge on any atom is -0.481 e. The van der Waals surface area contributed by atoms with Gasteiger partial charge in [0, 0.05) is 24.9 Å². The number of esters is 1. The van der Waals surface area contributed by atoms with Crippen molar-refractivity contribution < 1.29 is 24.2 Å². The number of ether oxygens (including phenoxy) is 1. The number of aliphatic carboxylic acids is 1. The summed E-state index contributed by atoms with van der Waals surface area (Å²) >= 11 is 0. The second-order valence-electron chi connectivity index (χ2n) is 20.6. The second-order valence-corrected chi connectivity index (χ2v) is 20.6. The number of amides is 1. The lowest BCUT2D eigenvalue weighted by atomic mass is 9.32. The first-order valence-electron chi connectivity index (χ1n) is 19.9. The molecule has 1 heterocycles. The largest absolute Gasteiger partial charge is 0.481 e. The van der Waals surface area contributed by atoms with Crippen molar-refractivity contribution in [3.8, 4) is 0 Å². The molecule has 0 bridgehead atoms. The maximum atomic E-state index is 13.9. The van der Waals surface area contributed by atoms with Crippen LogP contribution in [0, 0.1) is 73.9 Å². The number of rotatable bonds is 7. The summed E-state index contributed by atoms with van der Waals surface area (Å²) in [4.78, 5) is 40.9. The van der Waals surface area contributed by atoms with Gasteiger partial charge in [-0.25, -0.2) is 0 Å². The zero-order chi connectivity index (χ0) is 35.2. The van der Waals surface area contributed by atoms with Crippen LogP contribution in [0.1, 0.15) is 153 Å². The Morgan fingerprint density at radius 3 is 2.19 bits per heavy atom. The molecule has 11 atom stereocenters. The van der Waals surface area contributed by atoms with Crippen molar-refractivity contribution in [2.24, 2.45) is 73.9 Å². The van der Waals surface area contributed by atoms with E-state index in [1.807, 2.05) is 0 Å². The zero-order valence-electron chi connectivity index (χ0n) is 32.3. The first-order valence-corrected chi connectivity index (χ1v) is 19.9. The maximum absolute atomic E-state index is 13.9. The van der Waals surface area contributed by atoms with Crippen molar-refractivity contribution in [2.75, 3.05) is 13.1 Å². The van der Waals surface area contributed by atoms with Gasteiger partial charge in [-0.15, -0.1) is 0 Å². The molecule has 0 radical (unpaired) electrons. The molecule has 1 aliphatic heterocycles. The standard InChI is InChI=1S/C42H69NO5/c1-26(2)28-13-19-42(23-33(44)43-22-16-27(3)25-43)21-20-40(9)29(35(28)42)11-12-31-39(8)17-15-32(48-34(45)24-37(4,5)36(46)47)38(6,7)30(39)14-18-41(31,40)10/h26-32,35H,11-25H2,1-10H3,(H,46,47)/t27-,28+,29-,30+,31-,32+,35-,39+,40-,41-,42-/m1/s1. The first-order chi connectivity index (χ1) is 22.2. The molecule has 1 saturated heterocycles. The van der Waals surface area contributed by atoms with Gasteiger partial charge in [0.05, 0.1) is 11.8 Å². The Morgan fingerprint density at radius 1 is 0.854 bits per heavy atom. The van der Waals surface area contributed by atoms with Gasteiger partial charge in [-0.1, -0.05) is 55.4 Å². The number of carboxylic acids is 1. The van der Waals surface area contributed by atoms with Gasteiger partial charge >= 0.3 is 11.9 Å². The molecule has 0 unspecified atom stereocenters. The van der Waals surface area contributed by atoms with E-state index in [1.54, 1.807) is 13.8 Å². The van der Waals surface area contributed by atoms with Crippen LogP contribution in [0.4, 0.5) is 0 Å². The number of likely N-dealkylation sites (tertiary alicyclic amines) is 1. The lowest BCUT2D eigenvalue weighted by molar-refractivity contribution is -0.252. The highest BCUT2D eigenvalue weighted by atomic mass is 16.5. The second kappa shape index (κ2) is 12.0. The van der Waals surface area contributed by atoms with Crippen LogP contribution in [0.15, 0.2) is 0 Å². The van der Waals surface area contributed by atoms with Crippen molar-refractivity contribution in [3.63, 3.8) is 0 Å². The molecule has 1 N–H and O–H groups in total. The summed E-state index contributed by atoms with van der Waals surface area (Å²) in [5, 5.41) is 9.60. The van der Waals surface area contributed by atoms with Crippen molar-refractivity contribution in [3.05, 3.63) is 0 Å². The van der Waals surface area contributed by atoms with Crippen LogP contribution in [0.5, 0.6) is 0 Å². The molecule has 6 rings (SSSR count). The fourth-order valence-corrected chi connectivity index (χ4v) is 14.2. The van der Waals surface area contributed by atoms with Gasteiger partial charge in [0.1, 0.15) is 6.10 Å². The molecule has 5 saturated carbocycles. The highest BCUT2D eigenvalue weighted by Crippen LogP contribution is 2.78. The van der Waals surface area contributed by atoms with Crippen LogP contribution in [0.3, 0.4) is 0 Å². The van der Waals surface area contributed by atoms with Crippen molar-refractivity contribution in [2.45, 2.75) is 159 Å². The van der Waals surface area contributed by atoms with Crippen molar-refractivity contribution >= 4 is 17.8 Å². The molecular weight excluding hydrogens is 598 g/mol.